The Labute approximate surface area is 113 Å². The van der Waals surface area contributed by atoms with Crippen molar-refractivity contribution < 1.29 is 4.74 Å². The topological polar surface area (TPSA) is 76.3 Å². The van der Waals surface area contributed by atoms with Gasteiger partial charge in [-0.15, -0.1) is 0 Å². The summed E-state index contributed by atoms with van der Waals surface area (Å²) in [6.07, 6.45) is 6.54. The van der Waals surface area contributed by atoms with Gasteiger partial charge in [0.2, 0.25) is 0 Å². The van der Waals surface area contributed by atoms with Gasteiger partial charge in [-0.1, -0.05) is 0 Å². The molecule has 2 aliphatic rings. The summed E-state index contributed by atoms with van der Waals surface area (Å²) in [5.74, 6) is 1.59. The van der Waals surface area contributed by atoms with E-state index in [9.17, 15) is 0 Å². The Bertz CT molecular complexity index is 427. The summed E-state index contributed by atoms with van der Waals surface area (Å²) in [5, 5.41) is 3.29. The Morgan fingerprint density at radius 1 is 1.32 bits per heavy atom. The van der Waals surface area contributed by atoms with E-state index in [4.69, 9.17) is 10.5 Å². The van der Waals surface area contributed by atoms with E-state index < -0.39 is 0 Å². The van der Waals surface area contributed by atoms with Crippen molar-refractivity contribution in [2.24, 2.45) is 0 Å². The van der Waals surface area contributed by atoms with Crippen molar-refractivity contribution in [3.05, 3.63) is 6.33 Å². The molecule has 104 valence electrons. The van der Waals surface area contributed by atoms with Crippen LogP contribution in [0.5, 0.6) is 0 Å². The molecule has 2 saturated heterocycles. The van der Waals surface area contributed by atoms with Gasteiger partial charge in [-0.3, -0.25) is 0 Å². The molecule has 3 N–H and O–H groups in total. The highest BCUT2D eigenvalue weighted by atomic mass is 16.5. The second kappa shape index (κ2) is 5.61. The van der Waals surface area contributed by atoms with E-state index in [1.807, 2.05) is 0 Å². The second-order valence-electron chi connectivity index (χ2n) is 5.17. The fourth-order valence-corrected chi connectivity index (χ4v) is 2.72. The first kappa shape index (κ1) is 12.5. The molecule has 0 radical (unpaired) electrons. The Balaban J connectivity index is 1.68. The van der Waals surface area contributed by atoms with E-state index in [1.165, 1.54) is 12.8 Å². The molecule has 6 heteroatoms. The van der Waals surface area contributed by atoms with Crippen LogP contribution in [0.2, 0.25) is 0 Å². The summed E-state index contributed by atoms with van der Waals surface area (Å²) >= 11 is 0. The molecule has 1 atom stereocenters. The lowest BCUT2D eigenvalue weighted by molar-refractivity contribution is 0.120. The predicted molar refractivity (Wildman–Crippen MR) is 75.4 cm³/mol. The number of hydrogen-bond acceptors (Lipinski definition) is 6. The number of rotatable bonds is 4. The quantitative estimate of drug-likeness (QED) is 0.851. The van der Waals surface area contributed by atoms with Crippen molar-refractivity contribution in [3.63, 3.8) is 0 Å². The zero-order valence-electron chi connectivity index (χ0n) is 11.1. The third-order valence-electron chi connectivity index (χ3n) is 3.79. The number of ether oxygens (including phenoxy) is 1. The summed E-state index contributed by atoms with van der Waals surface area (Å²) < 4.78 is 5.59. The maximum Gasteiger partial charge on any atom is 0.157 e. The van der Waals surface area contributed by atoms with Crippen molar-refractivity contribution in [2.45, 2.75) is 31.8 Å². The lowest BCUT2D eigenvalue weighted by atomic mass is 10.2. The van der Waals surface area contributed by atoms with Gasteiger partial charge in [-0.25, -0.2) is 9.97 Å². The van der Waals surface area contributed by atoms with Gasteiger partial charge in [0.1, 0.15) is 12.0 Å². The summed E-state index contributed by atoms with van der Waals surface area (Å²) in [6, 6.07) is 0. The minimum absolute atomic E-state index is 0.282. The van der Waals surface area contributed by atoms with Gasteiger partial charge in [-0.05, 0) is 25.7 Å². The average Bonchev–Trinajstić information content (AvgIpc) is 3.11. The van der Waals surface area contributed by atoms with Crippen molar-refractivity contribution in [1.82, 2.24) is 9.97 Å². The number of anilines is 3. The molecule has 19 heavy (non-hydrogen) atoms. The molecule has 1 aromatic rings. The third kappa shape index (κ3) is 2.73. The molecule has 0 spiro atoms. The van der Waals surface area contributed by atoms with E-state index in [2.05, 4.69) is 20.2 Å². The maximum atomic E-state index is 6.18. The summed E-state index contributed by atoms with van der Waals surface area (Å²) in [6.45, 7) is 3.70. The molecule has 2 fully saturated rings. The van der Waals surface area contributed by atoms with Gasteiger partial charge < -0.3 is 20.7 Å². The molecule has 3 heterocycles. The van der Waals surface area contributed by atoms with Gasteiger partial charge in [-0.2, -0.15) is 0 Å². The molecular formula is C13H21N5O. The van der Waals surface area contributed by atoms with Gasteiger partial charge in [0.15, 0.2) is 11.6 Å². The van der Waals surface area contributed by atoms with Crippen LogP contribution in [0.25, 0.3) is 0 Å². The highest BCUT2D eigenvalue weighted by Gasteiger charge is 2.20. The molecule has 3 rings (SSSR count). The molecule has 1 unspecified atom stereocenters. The predicted octanol–water partition coefficient (Wildman–Crippen LogP) is 1.25. The number of nitrogens with one attached hydrogen (secondary N) is 1. The molecular weight excluding hydrogens is 242 g/mol. The van der Waals surface area contributed by atoms with Crippen molar-refractivity contribution >= 4 is 17.3 Å². The van der Waals surface area contributed by atoms with Crippen molar-refractivity contribution in [3.8, 4) is 0 Å². The second-order valence-corrected chi connectivity index (χ2v) is 5.17. The molecule has 2 aliphatic heterocycles. The lowest BCUT2D eigenvalue weighted by Crippen LogP contribution is -2.23. The highest BCUT2D eigenvalue weighted by Crippen LogP contribution is 2.28. The Morgan fingerprint density at radius 2 is 2.16 bits per heavy atom. The fraction of sp³-hybridized carbons (Fsp3) is 0.692. The van der Waals surface area contributed by atoms with E-state index >= 15 is 0 Å². The number of hydrogen-bond donors (Lipinski definition) is 2. The van der Waals surface area contributed by atoms with E-state index in [0.29, 0.717) is 5.69 Å². The standard InChI is InChI=1S/C13H21N5O/c14-11-12(15-8-10-4-3-7-19-10)16-9-17-13(11)18-5-1-2-6-18/h9-10H,1-8,14H2,(H,15,16,17). The van der Waals surface area contributed by atoms with Crippen LogP contribution in [-0.2, 0) is 4.74 Å². The molecule has 6 nitrogen and oxygen atoms in total. The number of nitrogens with zero attached hydrogens (tertiary/aromatic N) is 3. The largest absolute Gasteiger partial charge is 0.393 e. The molecule has 0 amide bonds. The molecule has 0 saturated carbocycles. The fourth-order valence-electron chi connectivity index (χ4n) is 2.72. The van der Waals surface area contributed by atoms with E-state index in [0.717, 1.165) is 50.7 Å². The van der Waals surface area contributed by atoms with Gasteiger partial charge >= 0.3 is 0 Å². The Morgan fingerprint density at radius 3 is 2.89 bits per heavy atom. The number of nitrogen functional groups attached to an aromatic ring is 1. The van der Waals surface area contributed by atoms with Crippen LogP contribution in [-0.4, -0.2) is 42.3 Å². The summed E-state index contributed by atoms with van der Waals surface area (Å²) in [5.41, 5.74) is 6.83. The first-order valence-corrected chi connectivity index (χ1v) is 7.05. The van der Waals surface area contributed by atoms with E-state index in [1.54, 1.807) is 6.33 Å². The molecule has 0 bridgehead atoms. The Hall–Kier alpha value is -1.56. The van der Waals surface area contributed by atoms with Gasteiger partial charge in [0.25, 0.3) is 0 Å². The minimum atomic E-state index is 0.282. The van der Waals surface area contributed by atoms with E-state index in [-0.39, 0.29) is 6.10 Å². The molecule has 1 aromatic heterocycles. The van der Waals surface area contributed by atoms with Gasteiger partial charge in [0.05, 0.1) is 6.10 Å². The first-order valence-electron chi connectivity index (χ1n) is 7.05. The average molecular weight is 263 g/mol. The third-order valence-corrected chi connectivity index (χ3v) is 3.79. The number of nitrogens with two attached hydrogens (primary N) is 1. The van der Waals surface area contributed by atoms with Gasteiger partial charge in [0, 0.05) is 26.2 Å². The zero-order valence-corrected chi connectivity index (χ0v) is 11.1. The zero-order chi connectivity index (χ0) is 13.1. The van der Waals surface area contributed by atoms with Crippen LogP contribution < -0.4 is 16.0 Å². The minimum Gasteiger partial charge on any atom is -0.393 e. The monoisotopic (exact) mass is 263 g/mol. The molecule has 0 aromatic carbocycles. The van der Waals surface area contributed by atoms with Crippen LogP contribution >= 0.6 is 0 Å². The number of aromatic nitrogens is 2. The van der Waals surface area contributed by atoms with Crippen molar-refractivity contribution in [1.29, 1.82) is 0 Å². The first-order chi connectivity index (χ1) is 9.34. The lowest BCUT2D eigenvalue weighted by Gasteiger charge is -2.20. The van der Waals surface area contributed by atoms with Crippen molar-refractivity contribution in [2.75, 3.05) is 42.2 Å². The highest BCUT2D eigenvalue weighted by molar-refractivity contribution is 5.75. The smallest absolute Gasteiger partial charge is 0.157 e. The summed E-state index contributed by atoms with van der Waals surface area (Å²) in [7, 11) is 0. The summed E-state index contributed by atoms with van der Waals surface area (Å²) in [4.78, 5) is 10.8. The Kier molecular flexibility index (Phi) is 3.68. The van der Waals surface area contributed by atoms with Crippen LogP contribution in [0.1, 0.15) is 25.7 Å². The maximum absolute atomic E-state index is 6.18. The SMILES string of the molecule is Nc1c(NCC2CCCO2)ncnc1N1CCCC1. The van der Waals surface area contributed by atoms with Crippen LogP contribution in [0.15, 0.2) is 6.33 Å². The normalized spacial score (nSPS) is 22.9. The van der Waals surface area contributed by atoms with Crippen LogP contribution in [0.4, 0.5) is 17.3 Å². The van der Waals surface area contributed by atoms with Crippen LogP contribution in [0, 0.1) is 0 Å². The molecule has 0 aliphatic carbocycles. The van der Waals surface area contributed by atoms with Crippen LogP contribution in [0.3, 0.4) is 0 Å².